The minimum absolute atomic E-state index is 0.654. The van der Waals surface area contributed by atoms with Gasteiger partial charge in [-0.2, -0.15) is 0 Å². The summed E-state index contributed by atoms with van der Waals surface area (Å²) in [6.45, 7) is 5.50. The molecule has 17 heavy (non-hydrogen) atoms. The van der Waals surface area contributed by atoms with Gasteiger partial charge in [0.1, 0.15) is 0 Å². The predicted octanol–water partition coefficient (Wildman–Crippen LogP) is 2.82. The van der Waals surface area contributed by atoms with Crippen LogP contribution in [0.15, 0.2) is 17.0 Å². The molecule has 1 aliphatic rings. The van der Waals surface area contributed by atoms with Crippen molar-refractivity contribution in [2.75, 3.05) is 31.3 Å². The third-order valence-corrected chi connectivity index (χ3v) is 4.64. The number of benzene rings is 1. The minimum atomic E-state index is 0.654. The van der Waals surface area contributed by atoms with Gasteiger partial charge in [-0.1, -0.05) is 6.07 Å². The zero-order valence-electron chi connectivity index (χ0n) is 11.2. The summed E-state index contributed by atoms with van der Waals surface area (Å²) >= 11 is 2.01. The molecule has 0 spiro atoms. The van der Waals surface area contributed by atoms with Gasteiger partial charge in [-0.25, -0.2) is 0 Å². The van der Waals surface area contributed by atoms with Crippen LogP contribution in [0.2, 0.25) is 0 Å². The molecule has 1 aromatic carbocycles. The van der Waals surface area contributed by atoms with E-state index in [2.05, 4.69) is 43.2 Å². The monoisotopic (exact) mass is 250 g/mol. The Bertz CT molecular complexity index is 403. The summed E-state index contributed by atoms with van der Waals surface area (Å²) < 4.78 is 0. The fourth-order valence-corrected chi connectivity index (χ4v) is 4.02. The molecule has 1 atom stereocenters. The zero-order valence-corrected chi connectivity index (χ0v) is 12.0. The number of nitrogens with zero attached hydrogens (tertiary/aromatic N) is 1. The molecule has 1 unspecified atom stereocenters. The molecule has 0 saturated carbocycles. The average Bonchev–Trinajstić information content (AvgIpc) is 2.27. The Morgan fingerprint density at radius 2 is 2.18 bits per heavy atom. The summed E-state index contributed by atoms with van der Waals surface area (Å²) in [6.07, 6.45) is 1.22. The first-order valence-electron chi connectivity index (χ1n) is 6.25. The van der Waals surface area contributed by atoms with E-state index in [1.807, 2.05) is 18.8 Å². The van der Waals surface area contributed by atoms with E-state index < -0.39 is 0 Å². The van der Waals surface area contributed by atoms with Crippen LogP contribution in [0.5, 0.6) is 0 Å². The first kappa shape index (κ1) is 12.8. The maximum absolute atomic E-state index is 3.25. The lowest BCUT2D eigenvalue weighted by atomic mass is 10.1. The lowest BCUT2D eigenvalue weighted by Gasteiger charge is -2.37. The molecule has 1 heterocycles. The number of nitrogens with one attached hydrogen (secondary N) is 1. The fraction of sp³-hybridized carbons (Fsp3) is 0.571. The van der Waals surface area contributed by atoms with Crippen LogP contribution >= 0.6 is 11.8 Å². The zero-order chi connectivity index (χ0) is 12.4. The van der Waals surface area contributed by atoms with Crippen LogP contribution in [0.4, 0.5) is 5.69 Å². The van der Waals surface area contributed by atoms with Crippen molar-refractivity contribution in [3.63, 3.8) is 0 Å². The van der Waals surface area contributed by atoms with E-state index in [1.54, 1.807) is 0 Å². The van der Waals surface area contributed by atoms with E-state index in [1.165, 1.54) is 33.9 Å². The molecular formula is C14H22N2S. The molecule has 1 N–H and O–H groups in total. The Kier molecular flexibility index (Phi) is 4.00. The van der Waals surface area contributed by atoms with Gasteiger partial charge in [-0.3, -0.25) is 0 Å². The van der Waals surface area contributed by atoms with Crippen molar-refractivity contribution < 1.29 is 0 Å². The van der Waals surface area contributed by atoms with Gasteiger partial charge in [0.15, 0.2) is 0 Å². The molecule has 2 nitrogen and oxygen atoms in total. The van der Waals surface area contributed by atoms with Crippen molar-refractivity contribution in [3.05, 3.63) is 23.3 Å². The molecule has 0 bridgehead atoms. The number of aryl methyl sites for hydroxylation is 2. The van der Waals surface area contributed by atoms with Crippen LogP contribution in [0.3, 0.4) is 0 Å². The van der Waals surface area contributed by atoms with Gasteiger partial charge in [0.25, 0.3) is 0 Å². The SMILES string of the molecule is CNCCC1CSc2cc(C)cc(C)c2N1C. The molecule has 0 aromatic heterocycles. The summed E-state index contributed by atoms with van der Waals surface area (Å²) in [5.41, 5.74) is 4.22. The molecule has 94 valence electrons. The molecule has 0 saturated heterocycles. The number of anilines is 1. The quantitative estimate of drug-likeness (QED) is 0.888. The third-order valence-electron chi connectivity index (χ3n) is 3.47. The van der Waals surface area contributed by atoms with Gasteiger partial charge < -0.3 is 10.2 Å². The summed E-state index contributed by atoms with van der Waals surface area (Å²) in [5.74, 6) is 1.20. The van der Waals surface area contributed by atoms with E-state index >= 15 is 0 Å². The number of rotatable bonds is 3. The predicted molar refractivity (Wildman–Crippen MR) is 77.4 cm³/mol. The van der Waals surface area contributed by atoms with Crippen LogP contribution in [0.25, 0.3) is 0 Å². The topological polar surface area (TPSA) is 15.3 Å². The second-order valence-electron chi connectivity index (χ2n) is 4.90. The maximum Gasteiger partial charge on any atom is 0.0534 e. The highest BCUT2D eigenvalue weighted by molar-refractivity contribution is 7.99. The van der Waals surface area contributed by atoms with Crippen molar-refractivity contribution in [3.8, 4) is 0 Å². The minimum Gasteiger partial charge on any atom is -0.370 e. The lowest BCUT2D eigenvalue weighted by molar-refractivity contribution is 0.597. The van der Waals surface area contributed by atoms with E-state index in [0.29, 0.717) is 6.04 Å². The molecule has 0 aliphatic carbocycles. The van der Waals surface area contributed by atoms with E-state index in [-0.39, 0.29) is 0 Å². The smallest absolute Gasteiger partial charge is 0.0534 e. The Balaban J connectivity index is 2.25. The van der Waals surface area contributed by atoms with Crippen LogP contribution in [-0.4, -0.2) is 32.4 Å². The van der Waals surface area contributed by atoms with Gasteiger partial charge in [0.05, 0.1) is 5.69 Å². The van der Waals surface area contributed by atoms with Crippen molar-refractivity contribution in [1.82, 2.24) is 5.32 Å². The van der Waals surface area contributed by atoms with E-state index in [0.717, 1.165) is 6.54 Å². The molecule has 0 amide bonds. The first-order valence-corrected chi connectivity index (χ1v) is 7.23. The molecule has 2 rings (SSSR count). The standard InChI is InChI=1S/C14H22N2S/c1-10-7-11(2)14-13(8-10)17-9-12(16(14)4)5-6-15-3/h7-8,12,15H,5-6,9H2,1-4H3. The van der Waals surface area contributed by atoms with Gasteiger partial charge in [-0.15, -0.1) is 11.8 Å². The molecule has 1 aromatic rings. The molecule has 3 heteroatoms. The lowest BCUT2D eigenvalue weighted by Crippen LogP contribution is -2.39. The van der Waals surface area contributed by atoms with Crippen LogP contribution in [-0.2, 0) is 0 Å². The largest absolute Gasteiger partial charge is 0.370 e. The highest BCUT2D eigenvalue weighted by Gasteiger charge is 2.24. The van der Waals surface area contributed by atoms with Crippen molar-refractivity contribution in [2.24, 2.45) is 0 Å². The number of thioether (sulfide) groups is 1. The third kappa shape index (κ3) is 2.61. The van der Waals surface area contributed by atoms with E-state index in [9.17, 15) is 0 Å². The summed E-state index contributed by atoms with van der Waals surface area (Å²) in [4.78, 5) is 3.92. The van der Waals surface area contributed by atoms with Crippen LogP contribution in [0.1, 0.15) is 17.5 Å². The summed E-state index contributed by atoms with van der Waals surface area (Å²) in [7, 11) is 4.26. The highest BCUT2D eigenvalue weighted by atomic mass is 32.2. The second-order valence-corrected chi connectivity index (χ2v) is 5.96. The average molecular weight is 250 g/mol. The van der Waals surface area contributed by atoms with Gasteiger partial charge in [0, 0.05) is 23.7 Å². The van der Waals surface area contributed by atoms with Crippen molar-refractivity contribution >= 4 is 17.4 Å². The maximum atomic E-state index is 3.25. The molecule has 1 aliphatic heterocycles. The Hall–Kier alpha value is -0.670. The van der Waals surface area contributed by atoms with Crippen LogP contribution in [0, 0.1) is 13.8 Å². The van der Waals surface area contributed by atoms with E-state index in [4.69, 9.17) is 0 Å². The van der Waals surface area contributed by atoms with Crippen molar-refractivity contribution in [1.29, 1.82) is 0 Å². The van der Waals surface area contributed by atoms with Gasteiger partial charge >= 0.3 is 0 Å². The molecule has 0 fully saturated rings. The molecular weight excluding hydrogens is 228 g/mol. The number of hydrogen-bond acceptors (Lipinski definition) is 3. The molecule has 0 radical (unpaired) electrons. The number of hydrogen-bond donors (Lipinski definition) is 1. The Labute approximate surface area is 109 Å². The normalized spacial score (nSPS) is 19.3. The second kappa shape index (κ2) is 5.32. The Morgan fingerprint density at radius 3 is 2.88 bits per heavy atom. The highest BCUT2D eigenvalue weighted by Crippen LogP contribution is 2.40. The fourth-order valence-electron chi connectivity index (χ4n) is 2.55. The van der Waals surface area contributed by atoms with Gasteiger partial charge in [0.2, 0.25) is 0 Å². The Morgan fingerprint density at radius 1 is 1.41 bits per heavy atom. The van der Waals surface area contributed by atoms with Crippen LogP contribution < -0.4 is 10.2 Å². The summed E-state index contributed by atoms with van der Waals surface area (Å²) in [5, 5.41) is 3.25. The van der Waals surface area contributed by atoms with Crippen molar-refractivity contribution in [2.45, 2.75) is 31.2 Å². The van der Waals surface area contributed by atoms with Gasteiger partial charge in [-0.05, 0) is 51.1 Å². The summed E-state index contributed by atoms with van der Waals surface area (Å²) in [6, 6.07) is 5.26. The number of fused-ring (bicyclic) bond motifs is 1. The first-order chi connectivity index (χ1) is 8.13.